The van der Waals surface area contributed by atoms with E-state index in [2.05, 4.69) is 22.3 Å². The van der Waals surface area contributed by atoms with Crippen LogP contribution in [0, 0.1) is 5.41 Å². The zero-order valence-electron chi connectivity index (χ0n) is 15.1. The van der Waals surface area contributed by atoms with Crippen molar-refractivity contribution in [2.45, 2.75) is 19.3 Å². The maximum Gasteiger partial charge on any atom is 0.274 e. The molecule has 2 fully saturated rings. The number of hydrogen-bond acceptors (Lipinski definition) is 4. The SMILES string of the molecule is O=C(c1ccc(=O)[nH]n1)N1CCC2(CCN(CCc3ccccc3)C2=O)C1. The molecule has 7 nitrogen and oxygen atoms in total. The van der Waals surface area contributed by atoms with Gasteiger partial charge in [0.2, 0.25) is 5.91 Å². The average molecular weight is 366 g/mol. The van der Waals surface area contributed by atoms with Crippen LogP contribution in [-0.4, -0.2) is 58.0 Å². The van der Waals surface area contributed by atoms with Gasteiger partial charge in [-0.15, -0.1) is 0 Å². The number of carbonyl (C=O) groups is 2. The molecule has 140 valence electrons. The predicted octanol–water partition coefficient (Wildman–Crippen LogP) is 1.08. The lowest BCUT2D eigenvalue weighted by atomic mass is 9.85. The van der Waals surface area contributed by atoms with E-state index in [0.717, 1.165) is 19.4 Å². The minimum atomic E-state index is -0.464. The molecule has 0 bridgehead atoms. The van der Waals surface area contributed by atoms with Crippen LogP contribution in [0.3, 0.4) is 0 Å². The van der Waals surface area contributed by atoms with E-state index in [4.69, 9.17) is 0 Å². The molecule has 1 aromatic carbocycles. The third-order valence-electron chi connectivity index (χ3n) is 5.65. The summed E-state index contributed by atoms with van der Waals surface area (Å²) >= 11 is 0. The molecule has 2 amide bonds. The predicted molar refractivity (Wildman–Crippen MR) is 99.2 cm³/mol. The molecular formula is C20H22N4O3. The number of aromatic nitrogens is 2. The lowest BCUT2D eigenvalue weighted by molar-refractivity contribution is -0.135. The summed E-state index contributed by atoms with van der Waals surface area (Å²) in [5, 5.41) is 6.10. The van der Waals surface area contributed by atoms with E-state index in [1.165, 1.54) is 17.7 Å². The lowest BCUT2D eigenvalue weighted by Gasteiger charge is -2.23. The molecule has 1 N–H and O–H groups in total. The van der Waals surface area contributed by atoms with Gasteiger partial charge in [-0.2, -0.15) is 5.10 Å². The van der Waals surface area contributed by atoms with Crippen molar-refractivity contribution >= 4 is 11.8 Å². The number of rotatable bonds is 4. The van der Waals surface area contributed by atoms with Crippen LogP contribution < -0.4 is 5.56 Å². The average Bonchev–Trinajstić information content (AvgIpc) is 3.26. The van der Waals surface area contributed by atoms with Gasteiger partial charge < -0.3 is 9.80 Å². The van der Waals surface area contributed by atoms with Crippen molar-refractivity contribution in [1.82, 2.24) is 20.0 Å². The standard InChI is InChI=1S/C20H22N4O3/c25-17-7-6-16(21-22-17)18(26)24-13-10-20(14-24)9-12-23(19(20)27)11-8-15-4-2-1-3-5-15/h1-7H,8-14H2,(H,22,25). The van der Waals surface area contributed by atoms with Crippen LogP contribution in [-0.2, 0) is 11.2 Å². The third-order valence-corrected chi connectivity index (χ3v) is 5.65. The Morgan fingerprint density at radius 1 is 1.07 bits per heavy atom. The molecule has 2 aliphatic heterocycles. The summed E-state index contributed by atoms with van der Waals surface area (Å²) in [5.74, 6) is -0.0816. The Bertz CT molecular complexity index is 890. The van der Waals surface area contributed by atoms with Gasteiger partial charge in [0, 0.05) is 32.2 Å². The highest BCUT2D eigenvalue weighted by Gasteiger charge is 2.51. The summed E-state index contributed by atoms with van der Waals surface area (Å²) < 4.78 is 0. The topological polar surface area (TPSA) is 86.4 Å². The molecule has 4 rings (SSSR count). The Morgan fingerprint density at radius 2 is 1.85 bits per heavy atom. The molecule has 0 saturated carbocycles. The van der Waals surface area contributed by atoms with Crippen molar-refractivity contribution in [2.75, 3.05) is 26.2 Å². The number of likely N-dealkylation sites (tertiary alicyclic amines) is 2. The van der Waals surface area contributed by atoms with E-state index in [-0.39, 0.29) is 23.1 Å². The van der Waals surface area contributed by atoms with Crippen molar-refractivity contribution in [3.05, 3.63) is 64.1 Å². The summed E-state index contributed by atoms with van der Waals surface area (Å²) in [4.78, 5) is 40.4. The maximum atomic E-state index is 13.0. The van der Waals surface area contributed by atoms with E-state index >= 15 is 0 Å². The second-order valence-corrected chi connectivity index (χ2v) is 7.34. The molecule has 2 saturated heterocycles. The highest BCUT2D eigenvalue weighted by atomic mass is 16.2. The number of amides is 2. The van der Waals surface area contributed by atoms with Crippen LogP contribution in [0.2, 0.25) is 0 Å². The van der Waals surface area contributed by atoms with Gasteiger partial charge in [-0.05, 0) is 30.9 Å². The van der Waals surface area contributed by atoms with Gasteiger partial charge in [0.05, 0.1) is 5.41 Å². The summed E-state index contributed by atoms with van der Waals surface area (Å²) in [5.41, 5.74) is 0.621. The molecule has 1 unspecified atom stereocenters. The van der Waals surface area contributed by atoms with Crippen molar-refractivity contribution < 1.29 is 9.59 Å². The number of nitrogens with zero attached hydrogens (tertiary/aromatic N) is 3. The quantitative estimate of drug-likeness (QED) is 0.877. The summed E-state index contributed by atoms with van der Waals surface area (Å²) in [6, 6.07) is 12.9. The first-order chi connectivity index (χ1) is 13.1. The minimum Gasteiger partial charge on any atom is -0.342 e. The van der Waals surface area contributed by atoms with Crippen molar-refractivity contribution in [3.8, 4) is 0 Å². The van der Waals surface area contributed by atoms with Gasteiger partial charge in [0.15, 0.2) is 0 Å². The van der Waals surface area contributed by atoms with Crippen LogP contribution >= 0.6 is 0 Å². The summed E-state index contributed by atoms with van der Waals surface area (Å²) in [6.45, 7) is 2.41. The molecule has 1 aromatic heterocycles. The van der Waals surface area contributed by atoms with E-state index < -0.39 is 5.41 Å². The van der Waals surface area contributed by atoms with Crippen LogP contribution in [0.15, 0.2) is 47.3 Å². The monoisotopic (exact) mass is 366 g/mol. The number of H-pyrrole nitrogens is 1. The fourth-order valence-electron chi connectivity index (χ4n) is 4.06. The Balaban J connectivity index is 1.40. The molecule has 0 radical (unpaired) electrons. The number of benzene rings is 1. The third kappa shape index (κ3) is 3.37. The van der Waals surface area contributed by atoms with Gasteiger partial charge in [0.1, 0.15) is 5.69 Å². The number of aromatic amines is 1. The molecule has 1 atom stereocenters. The van der Waals surface area contributed by atoms with E-state index in [9.17, 15) is 14.4 Å². The lowest BCUT2D eigenvalue weighted by Crippen LogP contribution is -2.39. The smallest absolute Gasteiger partial charge is 0.274 e. The highest BCUT2D eigenvalue weighted by Crippen LogP contribution is 2.41. The van der Waals surface area contributed by atoms with Gasteiger partial charge >= 0.3 is 0 Å². The van der Waals surface area contributed by atoms with Gasteiger partial charge in [0.25, 0.3) is 11.5 Å². The van der Waals surface area contributed by atoms with Crippen molar-refractivity contribution in [2.24, 2.45) is 5.41 Å². The molecule has 3 heterocycles. The van der Waals surface area contributed by atoms with Crippen LogP contribution in [0.25, 0.3) is 0 Å². The molecule has 1 spiro atoms. The number of nitrogens with one attached hydrogen (secondary N) is 1. The van der Waals surface area contributed by atoms with Crippen molar-refractivity contribution in [3.63, 3.8) is 0 Å². The van der Waals surface area contributed by atoms with E-state index in [1.54, 1.807) is 4.90 Å². The Kier molecular flexibility index (Phi) is 4.51. The normalized spacial score (nSPS) is 22.0. The molecule has 2 aromatic rings. The Hall–Kier alpha value is -2.96. The van der Waals surface area contributed by atoms with Crippen LogP contribution in [0.4, 0.5) is 0 Å². The Labute approximate surface area is 157 Å². The molecule has 7 heteroatoms. The molecule has 27 heavy (non-hydrogen) atoms. The fraction of sp³-hybridized carbons (Fsp3) is 0.400. The van der Waals surface area contributed by atoms with Crippen LogP contribution in [0.5, 0.6) is 0 Å². The summed E-state index contributed by atoms with van der Waals surface area (Å²) in [6.07, 6.45) is 2.30. The van der Waals surface area contributed by atoms with Gasteiger partial charge in [-0.1, -0.05) is 30.3 Å². The molecule has 2 aliphatic rings. The Morgan fingerprint density at radius 3 is 2.59 bits per heavy atom. The van der Waals surface area contributed by atoms with E-state index in [0.29, 0.717) is 26.1 Å². The van der Waals surface area contributed by atoms with Crippen LogP contribution in [0.1, 0.15) is 28.9 Å². The number of hydrogen-bond donors (Lipinski definition) is 1. The van der Waals surface area contributed by atoms with Crippen molar-refractivity contribution in [1.29, 1.82) is 0 Å². The van der Waals surface area contributed by atoms with E-state index in [1.807, 2.05) is 23.1 Å². The zero-order chi connectivity index (χ0) is 18.9. The second-order valence-electron chi connectivity index (χ2n) is 7.34. The fourth-order valence-corrected chi connectivity index (χ4v) is 4.06. The first-order valence-electron chi connectivity index (χ1n) is 9.26. The zero-order valence-corrected chi connectivity index (χ0v) is 15.1. The highest BCUT2D eigenvalue weighted by molar-refractivity contribution is 5.94. The maximum absolute atomic E-state index is 13.0. The summed E-state index contributed by atoms with van der Waals surface area (Å²) in [7, 11) is 0. The minimum absolute atomic E-state index is 0.156. The largest absolute Gasteiger partial charge is 0.342 e. The van der Waals surface area contributed by atoms with Gasteiger partial charge in [-0.3, -0.25) is 14.4 Å². The van der Waals surface area contributed by atoms with Gasteiger partial charge in [-0.25, -0.2) is 5.10 Å². The molecular weight excluding hydrogens is 344 g/mol. The first kappa shape index (κ1) is 17.5. The number of carbonyl (C=O) groups excluding carboxylic acids is 2. The first-order valence-corrected chi connectivity index (χ1v) is 9.26. The molecule has 0 aliphatic carbocycles. The second kappa shape index (κ2) is 6.98.